The van der Waals surface area contributed by atoms with Gasteiger partial charge >= 0.3 is 0 Å². The minimum absolute atomic E-state index is 0.00275. The van der Waals surface area contributed by atoms with E-state index in [9.17, 15) is 0 Å². The number of rotatable bonds is 6. The highest BCUT2D eigenvalue weighted by Gasteiger charge is 2.46. The van der Waals surface area contributed by atoms with Crippen LogP contribution < -0.4 is 11.3 Å². The van der Waals surface area contributed by atoms with Gasteiger partial charge in [-0.15, -0.1) is 0 Å². The third-order valence-electron chi connectivity index (χ3n) is 5.76. The number of hydrazine groups is 1. The molecule has 0 aromatic carbocycles. The Balaban J connectivity index is 2.13. The molecule has 2 atom stereocenters. The highest BCUT2D eigenvalue weighted by atomic mass is 16.5. The van der Waals surface area contributed by atoms with E-state index in [1.807, 2.05) is 0 Å². The molecule has 21 heavy (non-hydrogen) atoms. The Hall–Kier alpha value is -0.200. The first kappa shape index (κ1) is 17.2. The average molecular weight is 300 g/mol. The molecule has 2 rings (SSSR count). The number of hydrogen-bond donors (Lipinski definition) is 2. The fraction of sp³-hybridized carbons (Fsp3) is 1.00. The van der Waals surface area contributed by atoms with Crippen LogP contribution in [0.1, 0.15) is 52.4 Å². The summed E-state index contributed by atoms with van der Waals surface area (Å²) in [4.78, 5) is 0. The Morgan fingerprint density at radius 1 is 1.29 bits per heavy atom. The Kier molecular flexibility index (Phi) is 6.03. The van der Waals surface area contributed by atoms with Gasteiger partial charge in [-0.1, -0.05) is 13.8 Å². The Labute approximate surface area is 128 Å². The molecule has 5 heteroatoms. The van der Waals surface area contributed by atoms with E-state index in [2.05, 4.69) is 19.3 Å². The molecule has 5 nitrogen and oxygen atoms in total. The van der Waals surface area contributed by atoms with Crippen molar-refractivity contribution < 1.29 is 14.2 Å². The van der Waals surface area contributed by atoms with Crippen LogP contribution in [0.3, 0.4) is 0 Å². The van der Waals surface area contributed by atoms with Crippen LogP contribution in [0.25, 0.3) is 0 Å². The van der Waals surface area contributed by atoms with Gasteiger partial charge in [0.15, 0.2) is 0 Å². The van der Waals surface area contributed by atoms with Gasteiger partial charge < -0.3 is 14.2 Å². The summed E-state index contributed by atoms with van der Waals surface area (Å²) < 4.78 is 17.6. The fourth-order valence-corrected chi connectivity index (χ4v) is 4.26. The molecule has 0 saturated carbocycles. The maximum atomic E-state index is 6.16. The molecular weight excluding hydrogens is 268 g/mol. The molecule has 3 N–H and O–H groups in total. The van der Waals surface area contributed by atoms with Crippen LogP contribution in [-0.4, -0.2) is 44.2 Å². The van der Waals surface area contributed by atoms with E-state index in [0.29, 0.717) is 5.92 Å². The quantitative estimate of drug-likeness (QED) is 0.580. The summed E-state index contributed by atoms with van der Waals surface area (Å²) >= 11 is 0. The van der Waals surface area contributed by atoms with Crippen LogP contribution >= 0.6 is 0 Å². The van der Waals surface area contributed by atoms with Crippen molar-refractivity contribution in [2.75, 3.05) is 26.9 Å². The minimum atomic E-state index is -0.191. The van der Waals surface area contributed by atoms with Gasteiger partial charge in [0.1, 0.15) is 0 Å². The van der Waals surface area contributed by atoms with E-state index in [1.54, 1.807) is 7.11 Å². The molecule has 0 aromatic heterocycles. The van der Waals surface area contributed by atoms with Crippen molar-refractivity contribution in [2.45, 2.75) is 69.6 Å². The number of nitrogens with one attached hydrogen (secondary N) is 1. The van der Waals surface area contributed by atoms with Gasteiger partial charge in [0.05, 0.1) is 17.2 Å². The molecule has 0 amide bonds. The molecule has 0 bridgehead atoms. The predicted octanol–water partition coefficient (Wildman–Crippen LogP) is 2.00. The van der Waals surface area contributed by atoms with Gasteiger partial charge in [0, 0.05) is 26.9 Å². The molecular formula is C16H32N2O3. The summed E-state index contributed by atoms with van der Waals surface area (Å²) in [5.41, 5.74) is 2.88. The standard InChI is InChI=1S/C16H32N2O3/c1-4-16(5-2,19-3)14(18-17)13-6-9-21-15(12-13)7-10-20-11-8-15/h13-14,18H,4-12,17H2,1-3H3. The molecule has 2 unspecified atom stereocenters. The van der Waals surface area contributed by atoms with Crippen molar-refractivity contribution >= 4 is 0 Å². The van der Waals surface area contributed by atoms with Crippen LogP contribution in [-0.2, 0) is 14.2 Å². The van der Waals surface area contributed by atoms with Crippen molar-refractivity contribution in [3.8, 4) is 0 Å². The average Bonchev–Trinajstić information content (AvgIpc) is 2.53. The predicted molar refractivity (Wildman–Crippen MR) is 82.9 cm³/mol. The zero-order valence-electron chi connectivity index (χ0n) is 13.8. The normalized spacial score (nSPS) is 27.7. The summed E-state index contributed by atoms with van der Waals surface area (Å²) in [5, 5.41) is 0. The lowest BCUT2D eigenvalue weighted by atomic mass is 9.72. The third-order valence-corrected chi connectivity index (χ3v) is 5.76. The Morgan fingerprint density at radius 2 is 1.95 bits per heavy atom. The van der Waals surface area contributed by atoms with Crippen molar-refractivity contribution in [3.63, 3.8) is 0 Å². The van der Waals surface area contributed by atoms with Crippen LogP contribution in [0.5, 0.6) is 0 Å². The monoisotopic (exact) mass is 300 g/mol. The lowest BCUT2D eigenvalue weighted by molar-refractivity contribution is -0.162. The van der Waals surface area contributed by atoms with Crippen LogP contribution in [0.15, 0.2) is 0 Å². The second-order valence-electron chi connectivity index (χ2n) is 6.52. The maximum absolute atomic E-state index is 6.16. The molecule has 2 fully saturated rings. The SMILES string of the molecule is CCC(CC)(OC)C(NN)C1CCOC2(CCOCC2)C1. The summed E-state index contributed by atoms with van der Waals surface area (Å²) in [6, 6.07) is 0.168. The first-order valence-electron chi connectivity index (χ1n) is 8.38. The Morgan fingerprint density at radius 3 is 2.48 bits per heavy atom. The van der Waals surface area contributed by atoms with E-state index in [-0.39, 0.29) is 17.2 Å². The molecule has 0 aliphatic carbocycles. The third kappa shape index (κ3) is 3.42. The van der Waals surface area contributed by atoms with Crippen LogP contribution in [0, 0.1) is 5.92 Å². The van der Waals surface area contributed by atoms with Gasteiger partial charge in [-0.2, -0.15) is 0 Å². The summed E-state index contributed by atoms with van der Waals surface area (Å²) in [5.74, 6) is 6.43. The second-order valence-corrected chi connectivity index (χ2v) is 6.52. The highest BCUT2D eigenvalue weighted by Crippen LogP contribution is 2.41. The van der Waals surface area contributed by atoms with E-state index in [0.717, 1.165) is 58.3 Å². The zero-order valence-corrected chi connectivity index (χ0v) is 13.8. The maximum Gasteiger partial charge on any atom is 0.0841 e. The Bertz CT molecular complexity index is 301. The number of hydrogen-bond acceptors (Lipinski definition) is 5. The molecule has 2 saturated heterocycles. The highest BCUT2D eigenvalue weighted by molar-refractivity contribution is 4.99. The van der Waals surface area contributed by atoms with Crippen molar-refractivity contribution in [3.05, 3.63) is 0 Å². The van der Waals surface area contributed by atoms with Gasteiger partial charge in [0.25, 0.3) is 0 Å². The van der Waals surface area contributed by atoms with Crippen molar-refractivity contribution in [1.82, 2.24) is 5.43 Å². The topological polar surface area (TPSA) is 65.7 Å². The number of nitrogens with two attached hydrogens (primary N) is 1. The van der Waals surface area contributed by atoms with E-state index in [1.165, 1.54) is 0 Å². The lowest BCUT2D eigenvalue weighted by Crippen LogP contribution is -2.60. The molecule has 1 spiro atoms. The lowest BCUT2D eigenvalue weighted by Gasteiger charge is -2.49. The molecule has 0 radical (unpaired) electrons. The van der Waals surface area contributed by atoms with Gasteiger partial charge in [-0.3, -0.25) is 11.3 Å². The van der Waals surface area contributed by atoms with Gasteiger partial charge in [-0.05, 0) is 44.4 Å². The molecule has 2 heterocycles. The molecule has 2 aliphatic rings. The van der Waals surface area contributed by atoms with Crippen LogP contribution in [0.4, 0.5) is 0 Å². The van der Waals surface area contributed by atoms with E-state index >= 15 is 0 Å². The molecule has 0 aromatic rings. The van der Waals surface area contributed by atoms with E-state index in [4.69, 9.17) is 20.1 Å². The molecule has 2 aliphatic heterocycles. The minimum Gasteiger partial charge on any atom is -0.381 e. The van der Waals surface area contributed by atoms with Gasteiger partial charge in [-0.25, -0.2) is 0 Å². The van der Waals surface area contributed by atoms with E-state index < -0.39 is 0 Å². The van der Waals surface area contributed by atoms with Crippen molar-refractivity contribution in [1.29, 1.82) is 0 Å². The summed E-state index contributed by atoms with van der Waals surface area (Å²) in [6.45, 7) is 6.80. The first-order valence-corrected chi connectivity index (χ1v) is 8.38. The fourth-order valence-electron chi connectivity index (χ4n) is 4.26. The summed E-state index contributed by atoms with van der Waals surface area (Å²) in [6.07, 6.45) is 6.02. The zero-order chi connectivity index (χ0) is 15.3. The molecule has 124 valence electrons. The number of methoxy groups -OCH3 is 1. The second kappa shape index (κ2) is 7.38. The smallest absolute Gasteiger partial charge is 0.0841 e. The van der Waals surface area contributed by atoms with Crippen LogP contribution in [0.2, 0.25) is 0 Å². The largest absolute Gasteiger partial charge is 0.381 e. The van der Waals surface area contributed by atoms with Crippen molar-refractivity contribution in [2.24, 2.45) is 11.8 Å². The first-order chi connectivity index (χ1) is 10.2. The number of ether oxygens (including phenoxy) is 3. The van der Waals surface area contributed by atoms with Gasteiger partial charge in [0.2, 0.25) is 0 Å². The summed E-state index contributed by atoms with van der Waals surface area (Å²) in [7, 11) is 1.81.